The van der Waals surface area contributed by atoms with Crippen LogP contribution in [0.5, 0.6) is 0 Å². The van der Waals surface area contributed by atoms with E-state index in [0.29, 0.717) is 6.04 Å². The number of carbonyl (C=O) groups excluding carboxylic acids is 1. The summed E-state index contributed by atoms with van der Waals surface area (Å²) in [5.74, 6) is 0.850. The number of hydrogen-bond acceptors (Lipinski definition) is 2. The molecule has 1 saturated carbocycles. The Kier molecular flexibility index (Phi) is 4.80. The summed E-state index contributed by atoms with van der Waals surface area (Å²) < 4.78 is 0. The quantitative estimate of drug-likeness (QED) is 0.737. The van der Waals surface area contributed by atoms with Crippen molar-refractivity contribution >= 4 is 11.7 Å². The predicted octanol–water partition coefficient (Wildman–Crippen LogP) is 2.89. The molecule has 0 saturated heterocycles. The second-order valence-corrected chi connectivity index (χ2v) is 5.25. The van der Waals surface area contributed by atoms with Crippen molar-refractivity contribution in [2.45, 2.75) is 32.2 Å². The van der Waals surface area contributed by atoms with Gasteiger partial charge in [0, 0.05) is 18.3 Å². The molecule has 1 aliphatic carbocycles. The Morgan fingerprint density at radius 3 is 2.58 bits per heavy atom. The van der Waals surface area contributed by atoms with Crippen molar-refractivity contribution in [2.24, 2.45) is 5.92 Å². The van der Waals surface area contributed by atoms with Crippen molar-refractivity contribution in [1.82, 2.24) is 10.6 Å². The lowest BCUT2D eigenvalue weighted by atomic mass is 10.1. The molecule has 0 spiro atoms. The van der Waals surface area contributed by atoms with Gasteiger partial charge < -0.3 is 16.0 Å². The topological polar surface area (TPSA) is 53.2 Å². The van der Waals surface area contributed by atoms with Gasteiger partial charge in [-0.3, -0.25) is 0 Å². The van der Waals surface area contributed by atoms with E-state index < -0.39 is 0 Å². The minimum atomic E-state index is -0.116. The van der Waals surface area contributed by atoms with Crippen LogP contribution in [-0.4, -0.2) is 19.6 Å². The van der Waals surface area contributed by atoms with Crippen LogP contribution in [-0.2, 0) is 0 Å². The van der Waals surface area contributed by atoms with Crippen molar-refractivity contribution in [3.8, 4) is 0 Å². The minimum absolute atomic E-state index is 0.116. The summed E-state index contributed by atoms with van der Waals surface area (Å²) in [6, 6.07) is 8.13. The van der Waals surface area contributed by atoms with Gasteiger partial charge in [0.1, 0.15) is 0 Å². The van der Waals surface area contributed by atoms with Gasteiger partial charge in [-0.15, -0.1) is 0 Å². The molecule has 1 unspecified atom stereocenters. The predicted molar refractivity (Wildman–Crippen MR) is 78.3 cm³/mol. The molecule has 0 heterocycles. The van der Waals surface area contributed by atoms with Gasteiger partial charge in [-0.25, -0.2) is 4.79 Å². The molecule has 0 aromatic heterocycles. The van der Waals surface area contributed by atoms with Crippen LogP contribution >= 0.6 is 0 Å². The van der Waals surface area contributed by atoms with Gasteiger partial charge in [0.15, 0.2) is 0 Å². The van der Waals surface area contributed by atoms with Gasteiger partial charge in [-0.1, -0.05) is 25.0 Å². The highest BCUT2D eigenvalue weighted by atomic mass is 16.2. The smallest absolute Gasteiger partial charge is 0.319 e. The van der Waals surface area contributed by atoms with E-state index in [9.17, 15) is 4.79 Å². The van der Waals surface area contributed by atoms with E-state index >= 15 is 0 Å². The molecular weight excluding hydrogens is 238 g/mol. The van der Waals surface area contributed by atoms with Crippen LogP contribution in [0.1, 0.15) is 37.8 Å². The largest absolute Gasteiger partial charge is 0.338 e. The summed E-state index contributed by atoms with van der Waals surface area (Å²) in [5, 5.41) is 8.92. The molecule has 1 fully saturated rings. The zero-order chi connectivity index (χ0) is 13.7. The van der Waals surface area contributed by atoms with Gasteiger partial charge in [0.25, 0.3) is 0 Å². The first kappa shape index (κ1) is 13.9. The first-order valence-corrected chi connectivity index (χ1v) is 7.01. The molecule has 3 N–H and O–H groups in total. The number of hydrogen-bond donors (Lipinski definition) is 3. The number of carbonyl (C=O) groups is 1. The average molecular weight is 261 g/mol. The summed E-state index contributed by atoms with van der Waals surface area (Å²) in [5.41, 5.74) is 2.04. The Morgan fingerprint density at radius 1 is 1.32 bits per heavy atom. The Balaban J connectivity index is 1.76. The first-order valence-electron chi connectivity index (χ1n) is 7.01. The lowest BCUT2D eigenvalue weighted by Crippen LogP contribution is -2.29. The minimum Gasteiger partial charge on any atom is -0.338 e. The third-order valence-corrected chi connectivity index (χ3v) is 3.64. The van der Waals surface area contributed by atoms with E-state index in [4.69, 9.17) is 0 Å². The van der Waals surface area contributed by atoms with Crippen molar-refractivity contribution in [3.63, 3.8) is 0 Å². The fraction of sp³-hybridized carbons (Fsp3) is 0.533. The van der Waals surface area contributed by atoms with E-state index in [-0.39, 0.29) is 6.03 Å². The third-order valence-electron chi connectivity index (χ3n) is 3.64. The Labute approximate surface area is 115 Å². The van der Waals surface area contributed by atoms with Gasteiger partial charge in [-0.05, 0) is 44.0 Å². The number of anilines is 1. The van der Waals surface area contributed by atoms with E-state index in [1.807, 2.05) is 31.3 Å². The fourth-order valence-corrected chi connectivity index (χ4v) is 1.99. The Morgan fingerprint density at radius 2 is 2.00 bits per heavy atom. The second-order valence-electron chi connectivity index (χ2n) is 5.25. The van der Waals surface area contributed by atoms with Gasteiger partial charge >= 0.3 is 6.03 Å². The average Bonchev–Trinajstić information content (AvgIpc) is 3.23. The van der Waals surface area contributed by atoms with Crippen molar-refractivity contribution in [2.75, 3.05) is 18.9 Å². The molecule has 4 nitrogen and oxygen atoms in total. The van der Waals surface area contributed by atoms with Gasteiger partial charge in [0.05, 0.1) is 0 Å². The number of nitrogens with one attached hydrogen (secondary N) is 3. The molecule has 19 heavy (non-hydrogen) atoms. The van der Waals surface area contributed by atoms with Crippen molar-refractivity contribution in [1.29, 1.82) is 0 Å². The number of rotatable bonds is 6. The van der Waals surface area contributed by atoms with E-state index in [2.05, 4.69) is 22.9 Å². The Hall–Kier alpha value is -1.55. The maximum atomic E-state index is 11.7. The molecular formula is C15H23N3O. The summed E-state index contributed by atoms with van der Waals surface area (Å²) in [6.07, 6.45) is 3.76. The molecule has 0 aliphatic heterocycles. The number of amides is 2. The van der Waals surface area contributed by atoms with Crippen LogP contribution in [0.4, 0.5) is 10.5 Å². The second kappa shape index (κ2) is 6.57. The van der Waals surface area contributed by atoms with Crippen LogP contribution in [0.3, 0.4) is 0 Å². The monoisotopic (exact) mass is 261 g/mol. The van der Waals surface area contributed by atoms with Crippen LogP contribution in [0.15, 0.2) is 24.3 Å². The lowest BCUT2D eigenvalue weighted by molar-refractivity contribution is 0.252. The van der Waals surface area contributed by atoms with Crippen molar-refractivity contribution in [3.05, 3.63) is 29.8 Å². The molecule has 2 amide bonds. The molecule has 1 aliphatic rings. The zero-order valence-corrected chi connectivity index (χ0v) is 11.7. The highest BCUT2D eigenvalue weighted by molar-refractivity contribution is 5.89. The highest BCUT2D eigenvalue weighted by Gasteiger charge is 2.20. The summed E-state index contributed by atoms with van der Waals surface area (Å²) >= 11 is 0. The van der Waals surface area contributed by atoms with Crippen LogP contribution in [0, 0.1) is 5.92 Å². The standard InChI is InChI=1S/C15H23N3O/c1-11(16-2)13-5-7-14(8-6-13)18-15(19)17-10-9-12-3-4-12/h5-8,11-12,16H,3-4,9-10H2,1-2H3,(H2,17,18,19). The van der Waals surface area contributed by atoms with Crippen LogP contribution in [0.2, 0.25) is 0 Å². The molecule has 104 valence electrons. The van der Waals surface area contributed by atoms with Gasteiger partial charge in [0.2, 0.25) is 0 Å². The fourth-order valence-electron chi connectivity index (χ4n) is 1.99. The summed E-state index contributed by atoms with van der Waals surface area (Å²) in [6.45, 7) is 2.87. The van der Waals surface area contributed by atoms with E-state index in [0.717, 1.165) is 24.6 Å². The maximum Gasteiger partial charge on any atom is 0.319 e. The highest BCUT2D eigenvalue weighted by Crippen LogP contribution is 2.31. The molecule has 0 bridgehead atoms. The summed E-state index contributed by atoms with van der Waals surface area (Å²) in [4.78, 5) is 11.7. The zero-order valence-electron chi connectivity index (χ0n) is 11.7. The van der Waals surface area contributed by atoms with Crippen molar-refractivity contribution < 1.29 is 4.79 Å². The molecule has 1 atom stereocenters. The SMILES string of the molecule is CNC(C)c1ccc(NC(=O)NCCC2CC2)cc1. The van der Waals surface area contributed by atoms with Gasteiger partial charge in [-0.2, -0.15) is 0 Å². The Bertz CT molecular complexity index is 412. The summed E-state index contributed by atoms with van der Waals surface area (Å²) in [7, 11) is 1.93. The van der Waals surface area contributed by atoms with E-state index in [1.165, 1.54) is 18.4 Å². The number of benzene rings is 1. The molecule has 1 aromatic rings. The molecule has 2 rings (SSSR count). The molecule has 0 radical (unpaired) electrons. The van der Waals surface area contributed by atoms with Crippen LogP contribution < -0.4 is 16.0 Å². The normalized spacial score (nSPS) is 15.9. The maximum absolute atomic E-state index is 11.7. The molecule has 4 heteroatoms. The van der Waals surface area contributed by atoms with E-state index in [1.54, 1.807) is 0 Å². The number of urea groups is 1. The molecule has 1 aromatic carbocycles. The third kappa shape index (κ3) is 4.56. The first-order chi connectivity index (χ1) is 9.19. The lowest BCUT2D eigenvalue weighted by Gasteiger charge is -2.12. The van der Waals surface area contributed by atoms with Crippen LogP contribution in [0.25, 0.3) is 0 Å².